The first-order chi connectivity index (χ1) is 31.8. The minimum atomic E-state index is -2.48. The normalized spacial score (nSPS) is 18.4. The van der Waals surface area contributed by atoms with Gasteiger partial charge in [-0.3, -0.25) is 29.4 Å². The van der Waals surface area contributed by atoms with E-state index in [9.17, 15) is 23.7 Å². The van der Waals surface area contributed by atoms with Crippen molar-refractivity contribution < 1.29 is 28.5 Å². The fourth-order valence-electron chi connectivity index (χ4n) is 9.92. The molecule has 16 heteroatoms. The van der Waals surface area contributed by atoms with E-state index in [1.807, 2.05) is 47.4 Å². The molecule has 66 heavy (non-hydrogen) atoms. The molecule has 0 aliphatic carbocycles. The lowest BCUT2D eigenvalue weighted by atomic mass is 10.0. The van der Waals surface area contributed by atoms with E-state index in [1.165, 1.54) is 0 Å². The number of hydrogen-bond donors (Lipinski definition) is 2. The molecule has 350 valence electrons. The second-order valence-corrected chi connectivity index (χ2v) is 22.0. The Hall–Kier alpha value is -5.30. The number of rotatable bonds is 17. The van der Waals surface area contributed by atoms with Crippen molar-refractivity contribution in [3.05, 3.63) is 106 Å². The number of carbonyl (C=O) groups is 4. The Morgan fingerprint density at radius 2 is 1.67 bits per heavy atom. The number of piperidine rings is 2. The Kier molecular flexibility index (Phi) is 15.1. The molecular formula is C50H62ClN8O6P. The van der Waals surface area contributed by atoms with Crippen LogP contribution < -0.4 is 25.6 Å². The summed E-state index contributed by atoms with van der Waals surface area (Å²) < 4.78 is 18.9. The van der Waals surface area contributed by atoms with Gasteiger partial charge in [0.05, 0.1) is 17.8 Å². The van der Waals surface area contributed by atoms with Gasteiger partial charge in [0.1, 0.15) is 24.8 Å². The zero-order valence-electron chi connectivity index (χ0n) is 38.4. The van der Waals surface area contributed by atoms with Crippen LogP contribution in [0.2, 0.25) is 5.02 Å². The van der Waals surface area contributed by atoms with Gasteiger partial charge in [-0.05, 0) is 80.8 Å². The number of nitrogens with zero attached hydrogens (tertiary/aromatic N) is 6. The molecule has 3 fully saturated rings. The van der Waals surface area contributed by atoms with Crippen LogP contribution in [-0.4, -0.2) is 127 Å². The average molecular weight is 938 g/mol. The molecule has 2 N–H and O–H groups in total. The molecule has 4 amide bonds. The van der Waals surface area contributed by atoms with E-state index in [-0.39, 0.29) is 24.1 Å². The third-order valence-corrected chi connectivity index (χ3v) is 15.5. The molecule has 5 heterocycles. The molecule has 14 nitrogen and oxygen atoms in total. The number of carbonyl (C=O) groups excluding carboxylic acids is 4. The van der Waals surface area contributed by atoms with Gasteiger partial charge in [0.15, 0.2) is 0 Å². The van der Waals surface area contributed by atoms with Crippen molar-refractivity contribution in [3.63, 3.8) is 0 Å². The van der Waals surface area contributed by atoms with Crippen LogP contribution in [0.15, 0.2) is 66.9 Å². The summed E-state index contributed by atoms with van der Waals surface area (Å²) >= 11 is 6.58. The van der Waals surface area contributed by atoms with Gasteiger partial charge >= 0.3 is 0 Å². The quantitative estimate of drug-likeness (QED) is 0.0677. The van der Waals surface area contributed by atoms with Gasteiger partial charge in [0, 0.05) is 124 Å². The second-order valence-electron chi connectivity index (χ2n) is 18.4. The number of amides is 4. The van der Waals surface area contributed by atoms with Crippen molar-refractivity contribution in [2.24, 2.45) is 0 Å². The molecule has 0 spiro atoms. The van der Waals surface area contributed by atoms with Crippen LogP contribution in [-0.2, 0) is 38.3 Å². The van der Waals surface area contributed by atoms with Crippen molar-refractivity contribution in [2.45, 2.75) is 89.3 Å². The van der Waals surface area contributed by atoms with E-state index in [0.29, 0.717) is 60.4 Å². The van der Waals surface area contributed by atoms with Gasteiger partial charge in [-0.25, -0.2) is 9.97 Å². The van der Waals surface area contributed by atoms with E-state index in [4.69, 9.17) is 21.3 Å². The molecule has 0 bridgehead atoms. The second kappa shape index (κ2) is 21.1. The Morgan fingerprint density at radius 1 is 0.894 bits per heavy atom. The van der Waals surface area contributed by atoms with Crippen molar-refractivity contribution in [1.82, 2.24) is 30.0 Å². The van der Waals surface area contributed by atoms with Crippen molar-refractivity contribution in [3.8, 4) is 5.75 Å². The molecule has 4 aliphatic rings. The number of ether oxygens (including phenoxy) is 1. The van der Waals surface area contributed by atoms with Crippen molar-refractivity contribution in [1.29, 1.82) is 0 Å². The molecule has 4 aliphatic heterocycles. The third kappa shape index (κ3) is 11.3. The lowest BCUT2D eigenvalue weighted by molar-refractivity contribution is -0.137. The highest BCUT2D eigenvalue weighted by Gasteiger charge is 2.39. The van der Waals surface area contributed by atoms with Crippen molar-refractivity contribution in [2.75, 3.05) is 76.5 Å². The number of aromatic nitrogens is 2. The van der Waals surface area contributed by atoms with Crippen LogP contribution in [0.4, 0.5) is 11.4 Å². The summed E-state index contributed by atoms with van der Waals surface area (Å²) in [5, 5.41) is 7.15. The lowest BCUT2D eigenvalue weighted by Gasteiger charge is -2.43. The summed E-state index contributed by atoms with van der Waals surface area (Å²) in [5.41, 5.74) is 6.24. The first-order valence-electron chi connectivity index (χ1n) is 23.4. The van der Waals surface area contributed by atoms with Crippen LogP contribution >= 0.6 is 18.7 Å². The Balaban J connectivity index is 0.721. The number of hydrogen-bond acceptors (Lipinski definition) is 11. The van der Waals surface area contributed by atoms with Crippen LogP contribution in [0.3, 0.4) is 0 Å². The van der Waals surface area contributed by atoms with Gasteiger partial charge < -0.3 is 29.3 Å². The van der Waals surface area contributed by atoms with E-state index >= 15 is 0 Å². The molecule has 1 unspecified atom stereocenters. The lowest BCUT2D eigenvalue weighted by Crippen LogP contribution is -2.54. The monoisotopic (exact) mass is 936 g/mol. The van der Waals surface area contributed by atoms with E-state index in [2.05, 4.69) is 43.6 Å². The van der Waals surface area contributed by atoms with E-state index in [0.717, 1.165) is 123 Å². The number of unbranched alkanes of at least 4 members (excludes halogenated alkanes) is 3. The molecule has 0 radical (unpaired) electrons. The van der Waals surface area contributed by atoms with E-state index < -0.39 is 19.1 Å². The van der Waals surface area contributed by atoms with E-state index in [1.54, 1.807) is 31.5 Å². The van der Waals surface area contributed by atoms with Crippen molar-refractivity contribution >= 4 is 59.1 Å². The number of benzene rings is 3. The highest BCUT2D eigenvalue weighted by atomic mass is 35.5. The van der Waals surface area contributed by atoms with Gasteiger partial charge in [0.25, 0.3) is 5.91 Å². The van der Waals surface area contributed by atoms with Gasteiger partial charge in [-0.15, -0.1) is 0 Å². The molecule has 0 saturated carbocycles. The molecular weight excluding hydrogens is 875 g/mol. The number of methoxy groups -OCH3 is 1. The topological polar surface area (TPSA) is 157 Å². The SMILES string of the molecule is COc1cc(N2CCC(N3CCN(C(=O)CCCCCCNc4ccc5c(c4)CN(C4CCC(=O)NC4=O)C5=O)CC3)CC2)ccc1Cc1ncc(Cl)c(Cc2ccccc2P(C)(C)=O)n1. The molecule has 4 aromatic rings. The first-order valence-corrected chi connectivity index (χ1v) is 26.4. The molecule has 3 saturated heterocycles. The third-order valence-electron chi connectivity index (χ3n) is 13.6. The summed E-state index contributed by atoms with van der Waals surface area (Å²) in [7, 11) is -0.776. The first kappa shape index (κ1) is 47.2. The number of anilines is 2. The van der Waals surface area contributed by atoms with Gasteiger partial charge in [-0.1, -0.05) is 54.8 Å². The largest absolute Gasteiger partial charge is 0.496 e. The Bertz CT molecular complexity index is 2480. The van der Waals surface area contributed by atoms with Crippen LogP contribution in [0.1, 0.15) is 96.4 Å². The summed E-state index contributed by atoms with van der Waals surface area (Å²) in [6.07, 6.45) is 9.82. The highest BCUT2D eigenvalue weighted by Crippen LogP contribution is 2.37. The standard InChI is InChI=1S/C50H62ClN8O6P/c1-65-44-31-39(15-13-34(44)30-46-53-32-41(51)42(54-46)29-35-10-7-8-11-45(35)66(2,3)64)56-22-19-38(20-23-56)57-24-26-58(27-25-57)48(61)12-6-4-5-9-21-52-37-14-16-40-36(28-37)33-59(50(40)63)43-17-18-47(60)55-49(43)62/h7-8,10-11,13-16,28,31-32,38,43,52H,4-6,9,12,17-27,29-30,33H2,1-3H3,(H,55,60,62). The van der Waals surface area contributed by atoms with Gasteiger partial charge in [0.2, 0.25) is 17.7 Å². The number of imide groups is 1. The maximum absolute atomic E-state index is 13.1. The van der Waals surface area contributed by atoms with Crippen LogP contribution in [0.25, 0.3) is 0 Å². The predicted molar refractivity (Wildman–Crippen MR) is 259 cm³/mol. The zero-order valence-corrected chi connectivity index (χ0v) is 40.0. The van der Waals surface area contributed by atoms with Crippen LogP contribution in [0.5, 0.6) is 5.75 Å². The maximum atomic E-state index is 13.1. The van der Waals surface area contributed by atoms with Crippen LogP contribution in [0, 0.1) is 0 Å². The fourth-order valence-corrected chi connectivity index (χ4v) is 11.4. The summed E-state index contributed by atoms with van der Waals surface area (Å²) in [6, 6.07) is 19.8. The average Bonchev–Trinajstić information content (AvgIpc) is 3.64. The summed E-state index contributed by atoms with van der Waals surface area (Å²) in [5.74, 6) is 0.850. The Morgan fingerprint density at radius 3 is 2.42 bits per heavy atom. The molecule has 8 rings (SSSR count). The number of piperazine rings is 1. The number of halogens is 1. The molecule has 1 aromatic heterocycles. The predicted octanol–water partition coefficient (Wildman–Crippen LogP) is 6.50. The minimum Gasteiger partial charge on any atom is -0.496 e. The molecule has 3 aromatic carbocycles. The molecule has 1 atom stereocenters. The minimum absolute atomic E-state index is 0.165. The van der Waals surface area contributed by atoms with Gasteiger partial charge in [-0.2, -0.15) is 0 Å². The number of fused-ring (bicyclic) bond motifs is 1. The fraction of sp³-hybridized carbons (Fsp3) is 0.480. The maximum Gasteiger partial charge on any atom is 0.255 e. The smallest absolute Gasteiger partial charge is 0.255 e. The summed E-state index contributed by atoms with van der Waals surface area (Å²) in [4.78, 5) is 68.1. The number of nitrogens with one attached hydrogen (secondary N) is 2. The Labute approximate surface area is 393 Å². The zero-order chi connectivity index (χ0) is 46.4. The highest BCUT2D eigenvalue weighted by molar-refractivity contribution is 7.70. The summed E-state index contributed by atoms with van der Waals surface area (Å²) in [6.45, 7) is 10.0.